The summed E-state index contributed by atoms with van der Waals surface area (Å²) in [5, 5.41) is 0.214. The van der Waals surface area contributed by atoms with Crippen molar-refractivity contribution < 1.29 is 13.2 Å². The molecule has 3 rings (SSSR count). The van der Waals surface area contributed by atoms with Gasteiger partial charge in [0.2, 0.25) is 0 Å². The first-order valence-electron chi connectivity index (χ1n) is 5.77. The standard InChI is InChI=1S/C13H9ClN2O3S/c14-10-6-7-15-13-12(10)11(17)8-16(13)20(18,19)9-4-2-1-3-5-9/h1-7H,8H2. The lowest BCUT2D eigenvalue weighted by molar-refractivity contribution is 0.101. The minimum absolute atomic E-state index is 0.0892. The normalized spacial score (nSPS) is 14.4. The minimum Gasteiger partial charge on any atom is -0.292 e. The fourth-order valence-electron chi connectivity index (χ4n) is 2.08. The van der Waals surface area contributed by atoms with Crippen LogP contribution >= 0.6 is 11.6 Å². The van der Waals surface area contributed by atoms with Gasteiger partial charge in [-0.3, -0.25) is 4.79 Å². The second kappa shape index (κ2) is 4.57. The number of fused-ring (bicyclic) bond motifs is 1. The van der Waals surface area contributed by atoms with Crippen LogP contribution in [0.1, 0.15) is 10.4 Å². The molecule has 0 atom stereocenters. The smallest absolute Gasteiger partial charge is 0.265 e. The summed E-state index contributed by atoms with van der Waals surface area (Å²) in [6.45, 7) is -0.275. The Kier molecular flexibility index (Phi) is 2.99. The number of Topliss-reactive ketones (excluding diaryl/α,β-unsaturated/α-hetero) is 1. The van der Waals surface area contributed by atoms with E-state index in [9.17, 15) is 13.2 Å². The molecule has 0 amide bonds. The Bertz CT molecular complexity index is 791. The molecule has 0 N–H and O–H groups in total. The third-order valence-electron chi connectivity index (χ3n) is 3.01. The molecule has 102 valence electrons. The van der Waals surface area contributed by atoms with Gasteiger partial charge in [0.25, 0.3) is 10.0 Å². The van der Waals surface area contributed by atoms with Crippen molar-refractivity contribution in [1.29, 1.82) is 0 Å². The summed E-state index contributed by atoms with van der Waals surface area (Å²) in [7, 11) is -3.81. The van der Waals surface area contributed by atoms with Crippen LogP contribution in [-0.4, -0.2) is 25.7 Å². The van der Waals surface area contributed by atoms with Gasteiger partial charge < -0.3 is 0 Å². The van der Waals surface area contributed by atoms with Crippen LogP contribution in [0.2, 0.25) is 5.02 Å². The van der Waals surface area contributed by atoms with Crippen LogP contribution < -0.4 is 4.31 Å². The molecule has 1 aromatic heterocycles. The van der Waals surface area contributed by atoms with Gasteiger partial charge in [-0.1, -0.05) is 29.8 Å². The monoisotopic (exact) mass is 308 g/mol. The van der Waals surface area contributed by atoms with Crippen molar-refractivity contribution in [2.45, 2.75) is 4.90 Å². The van der Waals surface area contributed by atoms with Crippen molar-refractivity contribution in [3.63, 3.8) is 0 Å². The van der Waals surface area contributed by atoms with Crippen LogP contribution in [-0.2, 0) is 10.0 Å². The molecule has 1 aromatic carbocycles. The molecule has 0 saturated carbocycles. The highest BCUT2D eigenvalue weighted by Gasteiger charge is 2.38. The molecule has 0 bridgehead atoms. The molecular weight excluding hydrogens is 300 g/mol. The number of sulfonamides is 1. The molecule has 5 nitrogen and oxygen atoms in total. The van der Waals surface area contributed by atoms with Crippen LogP contribution in [0.4, 0.5) is 5.82 Å². The van der Waals surface area contributed by atoms with Gasteiger partial charge in [-0.2, -0.15) is 0 Å². The first-order valence-corrected chi connectivity index (χ1v) is 7.59. The number of aromatic nitrogens is 1. The Morgan fingerprint density at radius 3 is 2.55 bits per heavy atom. The maximum atomic E-state index is 12.5. The molecule has 0 aliphatic carbocycles. The van der Waals surface area contributed by atoms with E-state index in [1.165, 1.54) is 24.4 Å². The summed E-state index contributed by atoms with van der Waals surface area (Å²) in [4.78, 5) is 16.0. The Morgan fingerprint density at radius 1 is 1.15 bits per heavy atom. The highest BCUT2D eigenvalue weighted by molar-refractivity contribution is 7.93. The van der Waals surface area contributed by atoms with Crippen LogP contribution in [0.25, 0.3) is 0 Å². The van der Waals surface area contributed by atoms with Crippen LogP contribution in [0, 0.1) is 0 Å². The predicted octanol–water partition coefficient (Wildman–Crippen LogP) is 2.13. The zero-order valence-electron chi connectivity index (χ0n) is 10.2. The van der Waals surface area contributed by atoms with Crippen molar-refractivity contribution in [2.75, 3.05) is 10.8 Å². The maximum Gasteiger partial charge on any atom is 0.265 e. The van der Waals surface area contributed by atoms with Crippen molar-refractivity contribution in [1.82, 2.24) is 4.98 Å². The number of carbonyl (C=O) groups is 1. The number of benzene rings is 1. The molecule has 0 radical (unpaired) electrons. The molecule has 1 aliphatic heterocycles. The zero-order valence-corrected chi connectivity index (χ0v) is 11.7. The first kappa shape index (κ1) is 13.1. The van der Waals surface area contributed by atoms with Crippen molar-refractivity contribution in [3.05, 3.63) is 53.2 Å². The van der Waals surface area contributed by atoms with E-state index in [1.807, 2.05) is 0 Å². The molecule has 1 aliphatic rings. The van der Waals surface area contributed by atoms with Gasteiger partial charge in [-0.15, -0.1) is 0 Å². The molecule has 7 heteroatoms. The summed E-state index contributed by atoms with van der Waals surface area (Å²) >= 11 is 5.94. The highest BCUT2D eigenvalue weighted by atomic mass is 35.5. The Labute approximate surface area is 120 Å². The Hall–Kier alpha value is -1.92. The van der Waals surface area contributed by atoms with E-state index in [0.717, 1.165) is 4.31 Å². The molecule has 0 fully saturated rings. The fourth-order valence-corrected chi connectivity index (χ4v) is 3.73. The maximum absolute atomic E-state index is 12.5. The number of pyridine rings is 1. The number of anilines is 1. The molecular formula is C13H9ClN2O3S. The number of rotatable bonds is 2. The van der Waals surface area contributed by atoms with Crippen LogP contribution in [0.3, 0.4) is 0 Å². The van der Waals surface area contributed by atoms with E-state index in [4.69, 9.17) is 11.6 Å². The van der Waals surface area contributed by atoms with E-state index >= 15 is 0 Å². The van der Waals surface area contributed by atoms with Crippen LogP contribution in [0.5, 0.6) is 0 Å². The topological polar surface area (TPSA) is 67.3 Å². The largest absolute Gasteiger partial charge is 0.292 e. The average molecular weight is 309 g/mol. The van der Waals surface area contributed by atoms with Crippen molar-refractivity contribution >= 4 is 33.2 Å². The molecule has 0 unspecified atom stereocenters. The fraction of sp³-hybridized carbons (Fsp3) is 0.0769. The van der Waals surface area contributed by atoms with E-state index in [1.54, 1.807) is 18.2 Å². The van der Waals surface area contributed by atoms with E-state index in [2.05, 4.69) is 4.98 Å². The first-order chi connectivity index (χ1) is 9.51. The Morgan fingerprint density at radius 2 is 1.85 bits per heavy atom. The minimum atomic E-state index is -3.81. The molecule has 2 aromatic rings. The number of hydrogen-bond donors (Lipinski definition) is 0. The lowest BCUT2D eigenvalue weighted by Crippen LogP contribution is -2.30. The van der Waals surface area contributed by atoms with Crippen molar-refractivity contribution in [3.8, 4) is 0 Å². The number of ketones is 1. The summed E-state index contributed by atoms with van der Waals surface area (Å²) in [6.07, 6.45) is 1.38. The number of halogens is 1. The molecule has 20 heavy (non-hydrogen) atoms. The molecule has 0 spiro atoms. The summed E-state index contributed by atoms with van der Waals surface area (Å²) in [5.74, 6) is -0.260. The second-order valence-corrected chi connectivity index (χ2v) is 6.51. The van der Waals surface area contributed by atoms with E-state index in [-0.39, 0.29) is 33.6 Å². The lowest BCUT2D eigenvalue weighted by Gasteiger charge is -2.17. The number of nitrogens with zero attached hydrogens (tertiary/aromatic N) is 2. The summed E-state index contributed by atoms with van der Waals surface area (Å²) in [6, 6.07) is 9.38. The van der Waals surface area contributed by atoms with Gasteiger partial charge in [0.15, 0.2) is 11.6 Å². The van der Waals surface area contributed by atoms with Gasteiger partial charge in [0.1, 0.15) is 0 Å². The molecule has 2 heterocycles. The van der Waals surface area contributed by atoms with Gasteiger partial charge in [-0.25, -0.2) is 17.7 Å². The SMILES string of the molecule is O=C1CN(S(=O)(=O)c2ccccc2)c2nccc(Cl)c21. The quantitative estimate of drug-likeness (QED) is 0.852. The predicted molar refractivity (Wildman–Crippen MR) is 74.6 cm³/mol. The highest BCUT2D eigenvalue weighted by Crippen LogP contribution is 2.34. The second-order valence-electron chi connectivity index (χ2n) is 4.24. The lowest BCUT2D eigenvalue weighted by atomic mass is 10.2. The van der Waals surface area contributed by atoms with Gasteiger partial charge in [0.05, 0.1) is 22.0 Å². The Balaban J connectivity index is 2.16. The average Bonchev–Trinajstić information content (AvgIpc) is 2.79. The summed E-state index contributed by atoms with van der Waals surface area (Å²) < 4.78 is 26.1. The van der Waals surface area contributed by atoms with Gasteiger partial charge in [0, 0.05) is 6.20 Å². The third-order valence-corrected chi connectivity index (χ3v) is 5.08. The van der Waals surface area contributed by atoms with Crippen molar-refractivity contribution in [2.24, 2.45) is 0 Å². The third kappa shape index (κ3) is 1.88. The van der Waals surface area contributed by atoms with E-state index < -0.39 is 10.0 Å². The van der Waals surface area contributed by atoms with Crippen LogP contribution in [0.15, 0.2) is 47.5 Å². The van der Waals surface area contributed by atoms with Gasteiger partial charge in [-0.05, 0) is 18.2 Å². The molecule has 0 saturated heterocycles. The zero-order chi connectivity index (χ0) is 14.3. The number of hydrogen-bond acceptors (Lipinski definition) is 4. The van der Waals surface area contributed by atoms with Gasteiger partial charge >= 0.3 is 0 Å². The van der Waals surface area contributed by atoms with E-state index in [0.29, 0.717) is 0 Å². The number of carbonyl (C=O) groups excluding carboxylic acids is 1. The summed E-state index contributed by atoms with van der Waals surface area (Å²) in [5.41, 5.74) is 0.161.